The van der Waals surface area contributed by atoms with Crippen LogP contribution in [0.2, 0.25) is 0 Å². The van der Waals surface area contributed by atoms with Gasteiger partial charge in [0.1, 0.15) is 16.7 Å². The van der Waals surface area contributed by atoms with E-state index in [9.17, 15) is 8.78 Å². The lowest BCUT2D eigenvalue weighted by atomic mass is 10.4. The molecular weight excluding hydrogens is 274 g/mol. The van der Waals surface area contributed by atoms with E-state index in [-0.39, 0.29) is 27.6 Å². The molecule has 100 valence electrons. The molecule has 0 saturated heterocycles. The molecule has 2 aromatic rings. The summed E-state index contributed by atoms with van der Waals surface area (Å²) in [6.07, 6.45) is 0. The highest BCUT2D eigenvalue weighted by atomic mass is 32.2. The summed E-state index contributed by atoms with van der Waals surface area (Å²) in [6.45, 7) is 0. The number of halogens is 2. The van der Waals surface area contributed by atoms with Crippen molar-refractivity contribution in [1.29, 1.82) is 0 Å². The van der Waals surface area contributed by atoms with Crippen molar-refractivity contribution in [2.24, 2.45) is 0 Å². The molecule has 19 heavy (non-hydrogen) atoms. The van der Waals surface area contributed by atoms with Gasteiger partial charge in [-0.25, -0.2) is 23.7 Å². The first kappa shape index (κ1) is 13.3. The Morgan fingerprint density at radius 1 is 1.05 bits per heavy atom. The number of nitrogens with zero attached hydrogens (tertiary/aromatic N) is 3. The lowest BCUT2D eigenvalue weighted by Gasteiger charge is -2.06. The third-order valence-corrected chi connectivity index (χ3v) is 2.91. The maximum Gasteiger partial charge on any atom is 0.197 e. The summed E-state index contributed by atoms with van der Waals surface area (Å²) in [5, 5.41) is 2.58. The smallest absolute Gasteiger partial charge is 0.197 e. The van der Waals surface area contributed by atoms with Crippen molar-refractivity contribution < 1.29 is 8.78 Å². The van der Waals surface area contributed by atoms with E-state index in [2.05, 4.69) is 20.3 Å². The Kier molecular flexibility index (Phi) is 3.65. The number of pyridine rings is 1. The predicted octanol–water partition coefficient (Wildman–Crippen LogP) is 1.51. The predicted molar refractivity (Wildman–Crippen MR) is 68.7 cm³/mol. The topological polar surface area (TPSA) is 103 Å². The van der Waals surface area contributed by atoms with Gasteiger partial charge in [0.2, 0.25) is 0 Å². The van der Waals surface area contributed by atoms with Gasteiger partial charge in [0, 0.05) is 19.2 Å². The summed E-state index contributed by atoms with van der Waals surface area (Å²) in [4.78, 5) is 11.5. The van der Waals surface area contributed by atoms with Gasteiger partial charge >= 0.3 is 0 Å². The number of rotatable bonds is 3. The summed E-state index contributed by atoms with van der Waals surface area (Å²) in [7, 11) is 1.48. The molecule has 0 unspecified atom stereocenters. The van der Waals surface area contributed by atoms with Crippen LogP contribution in [0.3, 0.4) is 0 Å². The molecule has 2 rings (SSSR count). The summed E-state index contributed by atoms with van der Waals surface area (Å²) < 4.78 is 26.8. The zero-order valence-corrected chi connectivity index (χ0v) is 10.6. The molecule has 0 aliphatic heterocycles. The van der Waals surface area contributed by atoms with Crippen molar-refractivity contribution in [2.75, 3.05) is 23.8 Å². The Morgan fingerprint density at radius 3 is 2.26 bits per heavy atom. The van der Waals surface area contributed by atoms with Crippen LogP contribution in [0.15, 0.2) is 22.3 Å². The lowest BCUT2D eigenvalue weighted by molar-refractivity contribution is 0.551. The third kappa shape index (κ3) is 2.99. The van der Waals surface area contributed by atoms with Crippen LogP contribution in [0.5, 0.6) is 0 Å². The Bertz CT molecular complexity index is 601. The molecule has 2 heterocycles. The van der Waals surface area contributed by atoms with E-state index in [0.717, 1.165) is 17.8 Å². The van der Waals surface area contributed by atoms with E-state index < -0.39 is 11.6 Å². The van der Waals surface area contributed by atoms with Crippen LogP contribution in [0.1, 0.15) is 0 Å². The summed E-state index contributed by atoms with van der Waals surface area (Å²) >= 11 is 0.806. The molecule has 0 atom stereocenters. The van der Waals surface area contributed by atoms with E-state index in [4.69, 9.17) is 11.5 Å². The number of nitrogen functional groups attached to an aromatic ring is 2. The van der Waals surface area contributed by atoms with Crippen molar-refractivity contribution in [3.8, 4) is 0 Å². The normalized spacial score (nSPS) is 10.5. The lowest BCUT2D eigenvalue weighted by Crippen LogP contribution is -2.02. The minimum atomic E-state index is -0.814. The Balaban J connectivity index is 2.37. The van der Waals surface area contributed by atoms with Gasteiger partial charge in [-0.3, -0.25) is 0 Å². The molecule has 0 aromatic carbocycles. The summed E-state index contributed by atoms with van der Waals surface area (Å²) in [6, 6.07) is 2.11. The van der Waals surface area contributed by atoms with Gasteiger partial charge < -0.3 is 16.8 Å². The molecule has 2 aromatic heterocycles. The number of aromatic nitrogens is 3. The Morgan fingerprint density at radius 2 is 1.68 bits per heavy atom. The third-order valence-electron chi connectivity index (χ3n) is 2.07. The molecule has 0 saturated carbocycles. The second kappa shape index (κ2) is 5.22. The van der Waals surface area contributed by atoms with Crippen LogP contribution >= 0.6 is 11.8 Å². The van der Waals surface area contributed by atoms with Crippen molar-refractivity contribution in [2.45, 2.75) is 10.2 Å². The van der Waals surface area contributed by atoms with E-state index in [0.29, 0.717) is 0 Å². The molecule has 5 N–H and O–H groups in total. The highest BCUT2D eigenvalue weighted by Crippen LogP contribution is 2.28. The molecule has 0 bridgehead atoms. The molecule has 0 aliphatic carbocycles. The fourth-order valence-electron chi connectivity index (χ4n) is 1.29. The van der Waals surface area contributed by atoms with Crippen LogP contribution in [0.4, 0.5) is 26.2 Å². The first-order valence-corrected chi connectivity index (χ1v) is 5.93. The molecule has 0 fully saturated rings. The van der Waals surface area contributed by atoms with E-state index >= 15 is 0 Å². The molecule has 9 heteroatoms. The van der Waals surface area contributed by atoms with Crippen LogP contribution in [0.25, 0.3) is 0 Å². The molecule has 0 spiro atoms. The quantitative estimate of drug-likeness (QED) is 0.734. The van der Waals surface area contributed by atoms with Crippen molar-refractivity contribution >= 4 is 29.2 Å². The van der Waals surface area contributed by atoms with Gasteiger partial charge in [-0.05, 0) is 11.8 Å². The monoisotopic (exact) mass is 284 g/mol. The molecular formula is C10H10F2N6S. The summed E-state index contributed by atoms with van der Waals surface area (Å²) in [5.41, 5.74) is 11.0. The van der Waals surface area contributed by atoms with Crippen molar-refractivity contribution in [3.63, 3.8) is 0 Å². The average Bonchev–Trinajstić information content (AvgIpc) is 2.31. The Hall–Kier alpha value is -2.16. The fourth-order valence-corrected chi connectivity index (χ4v) is 2.06. The van der Waals surface area contributed by atoms with Gasteiger partial charge in [-0.2, -0.15) is 0 Å². The largest absolute Gasteiger partial charge is 0.383 e. The number of nitrogens with two attached hydrogens (primary N) is 2. The minimum Gasteiger partial charge on any atom is -0.383 e. The van der Waals surface area contributed by atoms with Crippen LogP contribution < -0.4 is 16.8 Å². The van der Waals surface area contributed by atoms with E-state index in [1.807, 2.05) is 0 Å². The second-order valence-corrected chi connectivity index (χ2v) is 4.41. The zero-order valence-electron chi connectivity index (χ0n) is 9.82. The maximum atomic E-state index is 13.6. The number of hydrogen-bond donors (Lipinski definition) is 3. The van der Waals surface area contributed by atoms with Crippen molar-refractivity contribution in [3.05, 3.63) is 23.8 Å². The second-order valence-electron chi connectivity index (χ2n) is 3.46. The first-order chi connectivity index (χ1) is 8.99. The van der Waals surface area contributed by atoms with Crippen LogP contribution in [-0.4, -0.2) is 22.0 Å². The summed E-state index contributed by atoms with van der Waals surface area (Å²) in [5.74, 6) is -1.35. The van der Waals surface area contributed by atoms with Gasteiger partial charge in [0.05, 0.1) is 0 Å². The van der Waals surface area contributed by atoms with E-state index in [1.165, 1.54) is 13.1 Å². The molecule has 0 radical (unpaired) electrons. The highest BCUT2D eigenvalue weighted by molar-refractivity contribution is 7.99. The van der Waals surface area contributed by atoms with Gasteiger partial charge in [-0.1, -0.05) is 0 Å². The van der Waals surface area contributed by atoms with Gasteiger partial charge in [0.25, 0.3) is 0 Å². The SMILES string of the molecule is CNc1nc(Sc2nc(N)cc(N)n2)c(F)cc1F. The van der Waals surface area contributed by atoms with Gasteiger partial charge in [0.15, 0.2) is 22.6 Å². The van der Waals surface area contributed by atoms with Crippen LogP contribution in [0, 0.1) is 11.6 Å². The average molecular weight is 284 g/mol. The standard InChI is InChI=1S/C10H10F2N6S/c1-15-8-4(11)2-5(12)9(18-8)19-10-16-6(13)3-7(14)17-10/h2-3H,1H3,(H,15,18)(H4,13,14,16,17). The number of nitrogens with one attached hydrogen (secondary N) is 1. The number of anilines is 3. The zero-order chi connectivity index (χ0) is 14.0. The fraction of sp³-hybridized carbons (Fsp3) is 0.100. The van der Waals surface area contributed by atoms with Crippen molar-refractivity contribution in [1.82, 2.24) is 15.0 Å². The van der Waals surface area contributed by atoms with Gasteiger partial charge in [-0.15, -0.1) is 0 Å². The molecule has 6 nitrogen and oxygen atoms in total. The minimum absolute atomic E-state index is 0.0687. The number of hydrogen-bond acceptors (Lipinski definition) is 7. The molecule has 0 aliphatic rings. The van der Waals surface area contributed by atoms with Crippen LogP contribution in [-0.2, 0) is 0 Å². The highest BCUT2D eigenvalue weighted by Gasteiger charge is 2.14. The Labute approximate surface area is 111 Å². The maximum absolute atomic E-state index is 13.6. The molecule has 0 amide bonds. The first-order valence-electron chi connectivity index (χ1n) is 5.11. The van der Waals surface area contributed by atoms with E-state index in [1.54, 1.807) is 0 Å².